The molecule has 0 radical (unpaired) electrons. The second kappa shape index (κ2) is 8.45. The number of carbonyl (C=O) groups excluding carboxylic acids is 1. The lowest BCUT2D eigenvalue weighted by Gasteiger charge is -2.11. The highest BCUT2D eigenvalue weighted by molar-refractivity contribution is 6.02. The molecule has 0 aliphatic carbocycles. The highest BCUT2D eigenvalue weighted by Gasteiger charge is 2.08. The van der Waals surface area contributed by atoms with Gasteiger partial charge in [-0.1, -0.05) is 26.0 Å². The van der Waals surface area contributed by atoms with Crippen LogP contribution in [-0.4, -0.2) is 43.0 Å². The zero-order chi connectivity index (χ0) is 17.5. The monoisotopic (exact) mass is 326 g/mol. The van der Waals surface area contributed by atoms with Gasteiger partial charge in [0.15, 0.2) is 0 Å². The SMILES string of the molecule is CC(C)c1ccc(NC(=O)c2ccc(NCCN(C)C)cn2)cc1. The fraction of sp³-hybridized carbons (Fsp3) is 0.368. The van der Waals surface area contributed by atoms with E-state index in [0.717, 1.165) is 24.5 Å². The Kier molecular flexibility index (Phi) is 6.32. The van der Waals surface area contributed by atoms with Gasteiger partial charge in [-0.15, -0.1) is 0 Å². The molecule has 2 rings (SSSR count). The molecule has 24 heavy (non-hydrogen) atoms. The van der Waals surface area contributed by atoms with Gasteiger partial charge in [0.05, 0.1) is 11.9 Å². The van der Waals surface area contributed by atoms with Crippen molar-refractivity contribution in [1.82, 2.24) is 9.88 Å². The lowest BCUT2D eigenvalue weighted by atomic mass is 10.0. The van der Waals surface area contributed by atoms with Gasteiger partial charge < -0.3 is 15.5 Å². The van der Waals surface area contributed by atoms with E-state index >= 15 is 0 Å². The summed E-state index contributed by atoms with van der Waals surface area (Å²) in [5.41, 5.74) is 3.34. The molecule has 2 aromatic rings. The second-order valence-electron chi connectivity index (χ2n) is 6.39. The molecule has 0 atom stereocenters. The molecule has 0 spiro atoms. The smallest absolute Gasteiger partial charge is 0.274 e. The fourth-order valence-corrected chi connectivity index (χ4v) is 2.20. The number of anilines is 2. The first-order valence-corrected chi connectivity index (χ1v) is 8.21. The minimum Gasteiger partial charge on any atom is -0.383 e. The van der Waals surface area contributed by atoms with Crippen molar-refractivity contribution in [2.45, 2.75) is 19.8 Å². The molecule has 5 nitrogen and oxygen atoms in total. The van der Waals surface area contributed by atoms with Crippen LogP contribution in [0.5, 0.6) is 0 Å². The van der Waals surface area contributed by atoms with Crippen LogP contribution in [0.2, 0.25) is 0 Å². The van der Waals surface area contributed by atoms with Gasteiger partial charge in [-0.2, -0.15) is 0 Å². The Morgan fingerprint density at radius 2 is 1.75 bits per heavy atom. The van der Waals surface area contributed by atoms with E-state index in [2.05, 4.69) is 34.4 Å². The van der Waals surface area contributed by atoms with Crippen LogP contribution in [0.15, 0.2) is 42.6 Å². The molecule has 1 amide bonds. The fourth-order valence-electron chi connectivity index (χ4n) is 2.20. The maximum absolute atomic E-state index is 12.2. The van der Waals surface area contributed by atoms with E-state index in [4.69, 9.17) is 0 Å². The summed E-state index contributed by atoms with van der Waals surface area (Å²) in [5.74, 6) is 0.274. The largest absolute Gasteiger partial charge is 0.383 e. The van der Waals surface area contributed by atoms with Gasteiger partial charge in [0, 0.05) is 18.8 Å². The average Bonchev–Trinajstić information content (AvgIpc) is 2.55. The van der Waals surface area contributed by atoms with E-state index in [1.165, 1.54) is 5.56 Å². The summed E-state index contributed by atoms with van der Waals surface area (Å²) < 4.78 is 0. The molecule has 5 heteroatoms. The zero-order valence-electron chi connectivity index (χ0n) is 14.8. The number of carbonyl (C=O) groups is 1. The van der Waals surface area contributed by atoms with Crippen LogP contribution in [0.1, 0.15) is 35.8 Å². The van der Waals surface area contributed by atoms with Gasteiger partial charge in [-0.3, -0.25) is 4.79 Å². The third-order valence-corrected chi connectivity index (χ3v) is 3.72. The number of hydrogen-bond donors (Lipinski definition) is 2. The maximum atomic E-state index is 12.2. The molecule has 0 unspecified atom stereocenters. The quantitative estimate of drug-likeness (QED) is 0.818. The van der Waals surface area contributed by atoms with Crippen molar-refractivity contribution in [1.29, 1.82) is 0 Å². The van der Waals surface area contributed by atoms with Crippen molar-refractivity contribution in [3.05, 3.63) is 53.9 Å². The van der Waals surface area contributed by atoms with Crippen LogP contribution < -0.4 is 10.6 Å². The highest BCUT2D eigenvalue weighted by Crippen LogP contribution is 2.17. The van der Waals surface area contributed by atoms with Gasteiger partial charge in [0.2, 0.25) is 0 Å². The normalized spacial score (nSPS) is 10.9. The number of nitrogens with zero attached hydrogens (tertiary/aromatic N) is 2. The zero-order valence-corrected chi connectivity index (χ0v) is 14.8. The summed E-state index contributed by atoms with van der Waals surface area (Å²) >= 11 is 0. The number of benzene rings is 1. The molecule has 1 aromatic heterocycles. The van der Waals surface area contributed by atoms with Crippen molar-refractivity contribution < 1.29 is 4.79 Å². The molecule has 0 saturated carbocycles. The van der Waals surface area contributed by atoms with Gasteiger partial charge >= 0.3 is 0 Å². The van der Waals surface area contributed by atoms with E-state index in [-0.39, 0.29) is 5.91 Å². The molecule has 0 fully saturated rings. The van der Waals surface area contributed by atoms with Crippen LogP contribution in [0, 0.1) is 0 Å². The van der Waals surface area contributed by atoms with Crippen LogP contribution in [-0.2, 0) is 0 Å². The number of amides is 1. The predicted octanol–water partition coefficient (Wildman–Crippen LogP) is 3.43. The second-order valence-corrected chi connectivity index (χ2v) is 6.39. The van der Waals surface area contributed by atoms with E-state index < -0.39 is 0 Å². The van der Waals surface area contributed by atoms with Gasteiger partial charge in [0.25, 0.3) is 5.91 Å². The van der Waals surface area contributed by atoms with Crippen LogP contribution in [0.4, 0.5) is 11.4 Å². The Morgan fingerprint density at radius 1 is 1.08 bits per heavy atom. The maximum Gasteiger partial charge on any atom is 0.274 e. The van der Waals surface area contributed by atoms with Gasteiger partial charge in [-0.25, -0.2) is 4.98 Å². The molecule has 1 aromatic carbocycles. The van der Waals surface area contributed by atoms with Crippen LogP contribution >= 0.6 is 0 Å². The molecule has 128 valence electrons. The summed E-state index contributed by atoms with van der Waals surface area (Å²) in [6.45, 7) is 6.06. The third kappa shape index (κ3) is 5.35. The molecular formula is C19H26N4O. The van der Waals surface area contributed by atoms with Crippen molar-refractivity contribution >= 4 is 17.3 Å². The first kappa shape index (κ1) is 17.9. The Hall–Kier alpha value is -2.40. The number of hydrogen-bond acceptors (Lipinski definition) is 4. The van der Waals surface area contributed by atoms with E-state index in [9.17, 15) is 4.79 Å². The van der Waals surface area contributed by atoms with E-state index in [0.29, 0.717) is 11.6 Å². The minimum atomic E-state index is -0.202. The molecule has 2 N–H and O–H groups in total. The predicted molar refractivity (Wildman–Crippen MR) is 99.8 cm³/mol. The Bertz CT molecular complexity index is 648. The summed E-state index contributed by atoms with van der Waals surface area (Å²) in [5, 5.41) is 6.15. The Morgan fingerprint density at radius 3 is 2.29 bits per heavy atom. The van der Waals surface area contributed by atoms with Crippen molar-refractivity contribution in [2.24, 2.45) is 0 Å². The standard InChI is InChI=1S/C19H26N4O/c1-14(2)15-5-7-16(8-6-15)22-19(24)18-10-9-17(13-21-18)20-11-12-23(3)4/h5-10,13-14,20H,11-12H2,1-4H3,(H,22,24). The topological polar surface area (TPSA) is 57.3 Å². The highest BCUT2D eigenvalue weighted by atomic mass is 16.1. The number of likely N-dealkylation sites (N-methyl/N-ethyl adjacent to an activating group) is 1. The van der Waals surface area contributed by atoms with E-state index in [1.54, 1.807) is 12.3 Å². The third-order valence-electron chi connectivity index (χ3n) is 3.72. The van der Waals surface area contributed by atoms with Gasteiger partial charge in [0.1, 0.15) is 5.69 Å². The Labute approximate surface area is 144 Å². The summed E-state index contributed by atoms with van der Waals surface area (Å²) in [6.07, 6.45) is 1.69. The first-order chi connectivity index (χ1) is 11.5. The molecule has 1 heterocycles. The van der Waals surface area contributed by atoms with Gasteiger partial charge in [-0.05, 0) is 49.8 Å². The molecular weight excluding hydrogens is 300 g/mol. The summed E-state index contributed by atoms with van der Waals surface area (Å²) in [6, 6.07) is 11.5. The minimum absolute atomic E-state index is 0.202. The average molecular weight is 326 g/mol. The number of aromatic nitrogens is 1. The van der Waals surface area contributed by atoms with Crippen molar-refractivity contribution in [3.8, 4) is 0 Å². The number of rotatable bonds is 7. The molecule has 0 saturated heterocycles. The van der Waals surface area contributed by atoms with E-state index in [1.807, 2.05) is 44.4 Å². The first-order valence-electron chi connectivity index (χ1n) is 8.21. The lowest BCUT2D eigenvalue weighted by Crippen LogP contribution is -2.21. The lowest BCUT2D eigenvalue weighted by molar-refractivity contribution is 0.102. The van der Waals surface area contributed by atoms with Crippen LogP contribution in [0.3, 0.4) is 0 Å². The molecule has 0 aliphatic heterocycles. The molecule has 0 bridgehead atoms. The summed E-state index contributed by atoms with van der Waals surface area (Å²) in [4.78, 5) is 18.6. The van der Waals surface area contributed by atoms with Crippen molar-refractivity contribution in [2.75, 3.05) is 37.8 Å². The molecule has 0 aliphatic rings. The van der Waals surface area contributed by atoms with Crippen LogP contribution in [0.25, 0.3) is 0 Å². The number of pyridine rings is 1. The Balaban J connectivity index is 1.92. The number of nitrogens with one attached hydrogen (secondary N) is 2. The van der Waals surface area contributed by atoms with Crippen molar-refractivity contribution in [3.63, 3.8) is 0 Å². The summed E-state index contributed by atoms with van der Waals surface area (Å²) in [7, 11) is 4.06.